The lowest BCUT2D eigenvalue weighted by Gasteiger charge is -2.24. The van der Waals surface area contributed by atoms with Crippen LogP contribution in [0.15, 0.2) is 6.20 Å². The van der Waals surface area contributed by atoms with Gasteiger partial charge in [-0.25, -0.2) is 0 Å². The highest BCUT2D eigenvalue weighted by Crippen LogP contribution is 2.34. The first-order valence-corrected chi connectivity index (χ1v) is 6.08. The average molecular weight is 223 g/mol. The fourth-order valence-corrected chi connectivity index (χ4v) is 2.68. The largest absolute Gasteiger partial charge is 0.384 e. The van der Waals surface area contributed by atoms with Gasteiger partial charge >= 0.3 is 0 Å². The van der Waals surface area contributed by atoms with E-state index in [0.29, 0.717) is 11.7 Å². The van der Waals surface area contributed by atoms with Gasteiger partial charge in [0.05, 0.1) is 12.2 Å². The van der Waals surface area contributed by atoms with E-state index >= 15 is 0 Å². The molecule has 1 aromatic rings. The van der Waals surface area contributed by atoms with Crippen molar-refractivity contribution in [2.45, 2.75) is 44.6 Å². The Hall–Kier alpha value is -1.07. The number of nitrogens with zero attached hydrogens (tertiary/aromatic N) is 1. The van der Waals surface area contributed by atoms with Gasteiger partial charge in [0.15, 0.2) is 0 Å². The van der Waals surface area contributed by atoms with E-state index in [0.717, 1.165) is 5.56 Å². The molecule has 2 rings (SSSR count). The summed E-state index contributed by atoms with van der Waals surface area (Å²) in [7, 11) is 0. The van der Waals surface area contributed by atoms with Gasteiger partial charge in [-0.1, -0.05) is 25.7 Å². The summed E-state index contributed by atoms with van der Waals surface area (Å²) in [5, 5.41) is 6.73. The molecular formula is C11H21N5. The van der Waals surface area contributed by atoms with Gasteiger partial charge in [0.2, 0.25) is 0 Å². The van der Waals surface area contributed by atoms with Crippen LogP contribution in [0.25, 0.3) is 0 Å². The minimum Gasteiger partial charge on any atom is -0.384 e. The van der Waals surface area contributed by atoms with Gasteiger partial charge in [-0.15, -0.1) is 0 Å². The molecule has 16 heavy (non-hydrogen) atoms. The molecule has 0 radical (unpaired) electrons. The van der Waals surface area contributed by atoms with Crippen molar-refractivity contribution < 1.29 is 0 Å². The number of rotatable bonds is 3. The molecule has 1 heterocycles. The first kappa shape index (κ1) is 11.4. The number of nitrogen functional groups attached to an aromatic ring is 1. The summed E-state index contributed by atoms with van der Waals surface area (Å²) < 4.78 is 0. The Kier molecular flexibility index (Phi) is 3.79. The van der Waals surface area contributed by atoms with Crippen molar-refractivity contribution in [3.05, 3.63) is 11.8 Å². The molecule has 1 aromatic heterocycles. The van der Waals surface area contributed by atoms with Crippen LogP contribution in [0.2, 0.25) is 0 Å². The van der Waals surface area contributed by atoms with Crippen LogP contribution < -0.4 is 17.0 Å². The number of nitrogens with two attached hydrogens (primary N) is 2. The first-order valence-electron chi connectivity index (χ1n) is 6.08. The van der Waals surface area contributed by atoms with E-state index in [2.05, 4.69) is 15.6 Å². The number of hydrogen-bond donors (Lipinski definition) is 4. The van der Waals surface area contributed by atoms with Crippen LogP contribution in [-0.4, -0.2) is 10.2 Å². The van der Waals surface area contributed by atoms with E-state index in [1.165, 1.54) is 38.5 Å². The summed E-state index contributed by atoms with van der Waals surface area (Å²) >= 11 is 0. The van der Waals surface area contributed by atoms with Crippen LogP contribution in [0.3, 0.4) is 0 Å². The molecule has 0 saturated heterocycles. The van der Waals surface area contributed by atoms with Crippen LogP contribution >= 0.6 is 0 Å². The summed E-state index contributed by atoms with van der Waals surface area (Å²) in [4.78, 5) is 0. The molecule has 0 aliphatic heterocycles. The number of hydrazine groups is 1. The van der Waals surface area contributed by atoms with E-state index in [9.17, 15) is 0 Å². The fourth-order valence-electron chi connectivity index (χ4n) is 2.68. The quantitative estimate of drug-likeness (QED) is 0.354. The normalized spacial score (nSPS) is 20.6. The monoisotopic (exact) mass is 223 g/mol. The Morgan fingerprint density at radius 2 is 2.00 bits per heavy atom. The zero-order valence-electron chi connectivity index (χ0n) is 9.58. The molecule has 0 spiro atoms. The van der Waals surface area contributed by atoms with Gasteiger partial charge in [-0.3, -0.25) is 16.4 Å². The number of nitrogens with one attached hydrogen (secondary N) is 2. The third-order valence-electron chi connectivity index (χ3n) is 3.59. The summed E-state index contributed by atoms with van der Waals surface area (Å²) in [6, 6.07) is 0.136. The zero-order chi connectivity index (χ0) is 11.4. The van der Waals surface area contributed by atoms with Gasteiger partial charge < -0.3 is 5.73 Å². The van der Waals surface area contributed by atoms with E-state index in [4.69, 9.17) is 11.6 Å². The standard InChI is InChI=1S/C11H21N5/c12-11-9(7-14-16-11)10(15-13)8-5-3-1-2-4-6-8/h7-8,10,15H,1-6,13H2,(H3,12,14,16). The second-order valence-electron chi connectivity index (χ2n) is 4.64. The van der Waals surface area contributed by atoms with Crippen molar-refractivity contribution in [1.29, 1.82) is 0 Å². The van der Waals surface area contributed by atoms with E-state index in [1.54, 1.807) is 6.20 Å². The minimum absolute atomic E-state index is 0.136. The van der Waals surface area contributed by atoms with Crippen LogP contribution in [-0.2, 0) is 0 Å². The molecule has 1 fully saturated rings. The van der Waals surface area contributed by atoms with Crippen molar-refractivity contribution in [3.8, 4) is 0 Å². The Labute approximate surface area is 95.9 Å². The van der Waals surface area contributed by atoms with Crippen molar-refractivity contribution in [1.82, 2.24) is 15.6 Å². The number of H-pyrrole nitrogens is 1. The SMILES string of the molecule is NNC(c1cn[nH]c1N)C1CCCCCC1. The lowest BCUT2D eigenvalue weighted by Crippen LogP contribution is -2.33. The molecule has 1 atom stereocenters. The molecular weight excluding hydrogens is 202 g/mol. The highest BCUT2D eigenvalue weighted by atomic mass is 15.2. The van der Waals surface area contributed by atoms with Crippen molar-refractivity contribution in [2.75, 3.05) is 5.73 Å². The Bertz CT molecular complexity index is 314. The maximum Gasteiger partial charge on any atom is 0.123 e. The maximum atomic E-state index is 5.85. The molecule has 0 amide bonds. The Morgan fingerprint density at radius 1 is 1.31 bits per heavy atom. The smallest absolute Gasteiger partial charge is 0.123 e. The van der Waals surface area contributed by atoms with Crippen molar-refractivity contribution in [3.63, 3.8) is 0 Å². The molecule has 0 bridgehead atoms. The molecule has 5 heteroatoms. The zero-order valence-corrected chi connectivity index (χ0v) is 9.58. The Morgan fingerprint density at radius 3 is 2.50 bits per heavy atom. The average Bonchev–Trinajstić information content (AvgIpc) is 2.57. The van der Waals surface area contributed by atoms with Crippen LogP contribution in [0.4, 0.5) is 5.82 Å². The third kappa shape index (κ3) is 2.36. The van der Waals surface area contributed by atoms with Crippen molar-refractivity contribution >= 4 is 5.82 Å². The minimum atomic E-state index is 0.136. The second-order valence-corrected chi connectivity index (χ2v) is 4.64. The Balaban J connectivity index is 2.12. The second kappa shape index (κ2) is 5.32. The van der Waals surface area contributed by atoms with E-state index in [1.807, 2.05) is 0 Å². The summed E-state index contributed by atoms with van der Waals surface area (Å²) in [6.07, 6.45) is 9.49. The summed E-state index contributed by atoms with van der Waals surface area (Å²) in [6.45, 7) is 0. The molecule has 1 aliphatic rings. The van der Waals surface area contributed by atoms with Gasteiger partial charge in [0.25, 0.3) is 0 Å². The topological polar surface area (TPSA) is 92.7 Å². The van der Waals surface area contributed by atoms with Crippen LogP contribution in [0.1, 0.15) is 50.1 Å². The molecule has 90 valence electrons. The molecule has 0 aromatic carbocycles. The van der Waals surface area contributed by atoms with Crippen LogP contribution in [0, 0.1) is 5.92 Å². The number of aromatic amines is 1. The lowest BCUT2D eigenvalue weighted by molar-refractivity contribution is 0.330. The predicted molar refractivity (Wildman–Crippen MR) is 64.3 cm³/mol. The predicted octanol–water partition coefficient (Wildman–Crippen LogP) is 1.47. The van der Waals surface area contributed by atoms with E-state index < -0.39 is 0 Å². The number of aromatic nitrogens is 2. The van der Waals surface area contributed by atoms with E-state index in [-0.39, 0.29) is 6.04 Å². The van der Waals surface area contributed by atoms with Gasteiger partial charge in [-0.2, -0.15) is 5.10 Å². The molecule has 6 N–H and O–H groups in total. The number of hydrogen-bond acceptors (Lipinski definition) is 4. The molecule has 1 saturated carbocycles. The lowest BCUT2D eigenvalue weighted by atomic mass is 9.88. The first-order chi connectivity index (χ1) is 7.83. The maximum absolute atomic E-state index is 5.85. The van der Waals surface area contributed by atoms with Gasteiger partial charge in [-0.05, 0) is 18.8 Å². The third-order valence-corrected chi connectivity index (χ3v) is 3.59. The van der Waals surface area contributed by atoms with Gasteiger partial charge in [0.1, 0.15) is 5.82 Å². The molecule has 5 nitrogen and oxygen atoms in total. The highest BCUT2D eigenvalue weighted by Gasteiger charge is 2.25. The van der Waals surface area contributed by atoms with Crippen molar-refractivity contribution in [2.24, 2.45) is 11.8 Å². The van der Waals surface area contributed by atoms with Crippen LogP contribution in [0.5, 0.6) is 0 Å². The highest BCUT2D eigenvalue weighted by molar-refractivity contribution is 5.39. The van der Waals surface area contributed by atoms with Gasteiger partial charge in [0, 0.05) is 5.56 Å². The molecule has 1 aliphatic carbocycles. The fraction of sp³-hybridized carbons (Fsp3) is 0.727. The molecule has 1 unspecified atom stereocenters. The summed E-state index contributed by atoms with van der Waals surface area (Å²) in [5.74, 6) is 6.88. The summed E-state index contributed by atoms with van der Waals surface area (Å²) in [5.41, 5.74) is 9.76. The number of anilines is 1.